The van der Waals surface area contributed by atoms with Crippen LogP contribution in [-0.2, 0) is 0 Å². The topological polar surface area (TPSA) is 85.1 Å². The lowest BCUT2D eigenvalue weighted by atomic mass is 10.2. The van der Waals surface area contributed by atoms with Gasteiger partial charge in [-0.15, -0.1) is 0 Å². The number of carbonyl (C=O) groups excluding carboxylic acids is 1. The van der Waals surface area contributed by atoms with Crippen LogP contribution in [0.4, 0.5) is 15.8 Å². The minimum atomic E-state index is -0.780. The fourth-order valence-corrected chi connectivity index (χ4v) is 1.67. The minimum Gasteiger partial charge on any atom is -0.316 e. The van der Waals surface area contributed by atoms with Gasteiger partial charge in [0, 0.05) is 11.8 Å². The molecular formula is C12H7ClFN3O3. The standard InChI is InChI=1S/C12H7ClFN3O3/c13-11-5-7(3-4-15-11)12(18)16-9-2-1-8(14)6-10(9)17(19)20/h1-6H,(H,16,18). The van der Waals surface area contributed by atoms with Gasteiger partial charge in [0.1, 0.15) is 16.7 Å². The number of nitrogens with zero attached hydrogens (tertiary/aromatic N) is 2. The SMILES string of the molecule is O=C(Nc1ccc(F)cc1[N+](=O)[O-])c1ccnc(Cl)c1. The van der Waals surface area contributed by atoms with E-state index in [1.54, 1.807) is 0 Å². The summed E-state index contributed by atoms with van der Waals surface area (Å²) in [5, 5.41) is 13.2. The van der Waals surface area contributed by atoms with Crippen LogP contribution in [0.25, 0.3) is 0 Å². The summed E-state index contributed by atoms with van der Waals surface area (Å²) in [5.74, 6) is -1.37. The molecule has 0 aliphatic rings. The Morgan fingerprint density at radius 3 is 2.75 bits per heavy atom. The van der Waals surface area contributed by atoms with Gasteiger partial charge in [0.25, 0.3) is 11.6 Å². The fourth-order valence-electron chi connectivity index (χ4n) is 1.50. The van der Waals surface area contributed by atoms with E-state index in [4.69, 9.17) is 11.6 Å². The molecule has 1 aromatic heterocycles. The minimum absolute atomic E-state index is 0.102. The van der Waals surface area contributed by atoms with E-state index in [-0.39, 0.29) is 16.4 Å². The number of hydrogen-bond donors (Lipinski definition) is 1. The van der Waals surface area contributed by atoms with Gasteiger partial charge in [-0.05, 0) is 24.3 Å². The van der Waals surface area contributed by atoms with Crippen LogP contribution >= 0.6 is 11.6 Å². The fraction of sp³-hybridized carbons (Fsp3) is 0. The van der Waals surface area contributed by atoms with Crippen LogP contribution in [0.5, 0.6) is 0 Å². The number of halogens is 2. The second kappa shape index (κ2) is 5.62. The summed E-state index contributed by atoms with van der Waals surface area (Å²) in [4.78, 5) is 25.6. The van der Waals surface area contributed by atoms with Crippen molar-refractivity contribution in [2.75, 3.05) is 5.32 Å². The number of nitro benzene ring substituents is 1. The van der Waals surface area contributed by atoms with Crippen LogP contribution in [0.1, 0.15) is 10.4 Å². The number of hydrogen-bond acceptors (Lipinski definition) is 4. The molecule has 0 radical (unpaired) electrons. The van der Waals surface area contributed by atoms with Crippen molar-refractivity contribution in [2.24, 2.45) is 0 Å². The number of benzene rings is 1. The maximum atomic E-state index is 13.0. The molecule has 0 atom stereocenters. The van der Waals surface area contributed by atoms with Crippen molar-refractivity contribution < 1.29 is 14.1 Å². The summed E-state index contributed by atoms with van der Waals surface area (Å²) < 4.78 is 13.0. The molecule has 1 heterocycles. The maximum absolute atomic E-state index is 13.0. The highest BCUT2D eigenvalue weighted by molar-refractivity contribution is 6.29. The monoisotopic (exact) mass is 295 g/mol. The Kier molecular flexibility index (Phi) is 3.90. The lowest BCUT2D eigenvalue weighted by molar-refractivity contribution is -0.384. The van der Waals surface area contributed by atoms with Crippen molar-refractivity contribution in [2.45, 2.75) is 0 Å². The third-order valence-corrected chi connectivity index (χ3v) is 2.60. The lowest BCUT2D eigenvalue weighted by Gasteiger charge is -2.06. The van der Waals surface area contributed by atoms with Gasteiger partial charge < -0.3 is 5.32 Å². The molecule has 2 rings (SSSR count). The highest BCUT2D eigenvalue weighted by atomic mass is 35.5. The Morgan fingerprint density at radius 2 is 2.10 bits per heavy atom. The molecule has 2 aromatic rings. The van der Waals surface area contributed by atoms with Gasteiger partial charge in [-0.2, -0.15) is 0 Å². The zero-order chi connectivity index (χ0) is 14.7. The summed E-state index contributed by atoms with van der Waals surface area (Å²) in [5.41, 5.74) is -0.448. The van der Waals surface area contributed by atoms with Gasteiger partial charge in [0.2, 0.25) is 0 Å². The summed E-state index contributed by atoms with van der Waals surface area (Å²) >= 11 is 5.65. The molecule has 0 bridgehead atoms. The Hall–Kier alpha value is -2.54. The van der Waals surface area contributed by atoms with E-state index in [1.165, 1.54) is 18.3 Å². The van der Waals surface area contributed by atoms with Gasteiger partial charge in [0.15, 0.2) is 0 Å². The molecule has 20 heavy (non-hydrogen) atoms. The van der Waals surface area contributed by atoms with Gasteiger partial charge in [-0.3, -0.25) is 14.9 Å². The zero-order valence-corrected chi connectivity index (χ0v) is 10.6. The maximum Gasteiger partial charge on any atom is 0.295 e. The number of anilines is 1. The molecule has 1 amide bonds. The number of aromatic nitrogens is 1. The van der Waals surface area contributed by atoms with E-state index in [0.717, 1.165) is 18.2 Å². The molecule has 0 aliphatic carbocycles. The second-order valence-corrected chi connectivity index (χ2v) is 4.13. The first-order valence-corrected chi connectivity index (χ1v) is 5.72. The van der Waals surface area contributed by atoms with Crippen LogP contribution in [0, 0.1) is 15.9 Å². The summed E-state index contributed by atoms with van der Waals surface area (Å²) in [6.45, 7) is 0. The molecule has 6 nitrogen and oxygen atoms in total. The van der Waals surface area contributed by atoms with E-state index in [2.05, 4.69) is 10.3 Å². The van der Waals surface area contributed by atoms with Crippen LogP contribution in [-0.4, -0.2) is 15.8 Å². The zero-order valence-electron chi connectivity index (χ0n) is 9.84. The molecule has 1 N–H and O–H groups in total. The first kappa shape index (κ1) is 13.9. The molecule has 0 fully saturated rings. The highest BCUT2D eigenvalue weighted by Crippen LogP contribution is 2.25. The normalized spacial score (nSPS) is 10.1. The molecule has 102 valence electrons. The van der Waals surface area contributed by atoms with Crippen LogP contribution in [0.2, 0.25) is 5.15 Å². The van der Waals surface area contributed by atoms with Crippen molar-refractivity contribution >= 4 is 28.9 Å². The van der Waals surface area contributed by atoms with Crippen molar-refractivity contribution in [3.8, 4) is 0 Å². The molecule has 0 aliphatic heterocycles. The Balaban J connectivity index is 2.30. The summed E-state index contributed by atoms with van der Waals surface area (Å²) in [7, 11) is 0. The lowest BCUT2D eigenvalue weighted by Crippen LogP contribution is -2.13. The van der Waals surface area contributed by atoms with Gasteiger partial charge in [0.05, 0.1) is 11.0 Å². The largest absolute Gasteiger partial charge is 0.316 e. The van der Waals surface area contributed by atoms with Crippen molar-refractivity contribution in [1.82, 2.24) is 4.98 Å². The highest BCUT2D eigenvalue weighted by Gasteiger charge is 2.17. The average molecular weight is 296 g/mol. The van der Waals surface area contributed by atoms with Gasteiger partial charge in [-0.1, -0.05) is 11.6 Å². The van der Waals surface area contributed by atoms with E-state index < -0.39 is 22.3 Å². The Bertz CT molecular complexity index is 693. The number of nitro groups is 1. The average Bonchev–Trinajstić information content (AvgIpc) is 2.40. The Labute approximate surface area is 117 Å². The van der Waals surface area contributed by atoms with E-state index in [9.17, 15) is 19.3 Å². The first-order valence-electron chi connectivity index (χ1n) is 5.34. The summed E-state index contributed by atoms with van der Waals surface area (Å²) in [6.07, 6.45) is 1.33. The third kappa shape index (κ3) is 3.07. The van der Waals surface area contributed by atoms with Gasteiger partial charge >= 0.3 is 0 Å². The quantitative estimate of drug-likeness (QED) is 0.536. The number of amides is 1. The van der Waals surface area contributed by atoms with Crippen molar-refractivity contribution in [3.63, 3.8) is 0 Å². The molecule has 0 saturated heterocycles. The number of rotatable bonds is 3. The molecule has 0 saturated carbocycles. The Morgan fingerprint density at radius 1 is 1.35 bits per heavy atom. The first-order chi connectivity index (χ1) is 9.47. The van der Waals surface area contributed by atoms with Crippen LogP contribution < -0.4 is 5.32 Å². The van der Waals surface area contributed by atoms with E-state index in [0.29, 0.717) is 0 Å². The second-order valence-electron chi connectivity index (χ2n) is 3.74. The van der Waals surface area contributed by atoms with Gasteiger partial charge in [-0.25, -0.2) is 9.37 Å². The van der Waals surface area contributed by atoms with Crippen LogP contribution in [0.15, 0.2) is 36.5 Å². The summed E-state index contributed by atoms with van der Waals surface area (Å²) in [6, 6.07) is 5.58. The molecule has 1 aromatic carbocycles. The van der Waals surface area contributed by atoms with E-state index >= 15 is 0 Å². The number of carbonyl (C=O) groups is 1. The molecule has 8 heteroatoms. The molecule has 0 spiro atoms. The van der Waals surface area contributed by atoms with Crippen LogP contribution in [0.3, 0.4) is 0 Å². The molecular weight excluding hydrogens is 289 g/mol. The van der Waals surface area contributed by atoms with E-state index in [1.807, 2.05) is 0 Å². The number of nitrogens with one attached hydrogen (secondary N) is 1. The van der Waals surface area contributed by atoms with Crippen molar-refractivity contribution in [1.29, 1.82) is 0 Å². The molecule has 0 unspecified atom stereocenters. The predicted molar refractivity (Wildman–Crippen MR) is 70.3 cm³/mol. The smallest absolute Gasteiger partial charge is 0.295 e. The predicted octanol–water partition coefficient (Wildman–Crippen LogP) is 3.03. The number of pyridine rings is 1. The van der Waals surface area contributed by atoms with Crippen molar-refractivity contribution in [3.05, 3.63) is 63.2 Å². The third-order valence-electron chi connectivity index (χ3n) is 2.39.